The molecule has 0 spiro atoms. The van der Waals surface area contributed by atoms with Gasteiger partial charge >= 0.3 is 0 Å². The summed E-state index contributed by atoms with van der Waals surface area (Å²) >= 11 is 6.47. The topological polar surface area (TPSA) is 20.2 Å². The standard InChI is InChI=1S/C9H7BrOS2/c1-12-5-2-3-7-6(4-5)8(10)9(11)13-7/h2-4,11H,1H3. The maximum Gasteiger partial charge on any atom is 0.186 e. The highest BCUT2D eigenvalue weighted by Crippen LogP contribution is 2.41. The number of fused-ring (bicyclic) bond motifs is 1. The second-order valence-corrected chi connectivity index (χ2v) is 5.29. The van der Waals surface area contributed by atoms with Gasteiger partial charge in [0, 0.05) is 15.0 Å². The van der Waals surface area contributed by atoms with Crippen LogP contribution in [0, 0.1) is 0 Å². The minimum absolute atomic E-state index is 0.355. The van der Waals surface area contributed by atoms with E-state index in [1.165, 1.54) is 16.2 Å². The van der Waals surface area contributed by atoms with Gasteiger partial charge in [-0.1, -0.05) is 11.3 Å². The first kappa shape index (κ1) is 9.37. The Morgan fingerprint density at radius 2 is 2.23 bits per heavy atom. The number of thioether (sulfide) groups is 1. The van der Waals surface area contributed by atoms with Crippen molar-refractivity contribution < 1.29 is 5.11 Å². The van der Waals surface area contributed by atoms with Crippen molar-refractivity contribution in [3.8, 4) is 5.06 Å². The van der Waals surface area contributed by atoms with E-state index in [1.54, 1.807) is 11.8 Å². The van der Waals surface area contributed by atoms with Crippen molar-refractivity contribution in [3.05, 3.63) is 22.7 Å². The van der Waals surface area contributed by atoms with Gasteiger partial charge in [0.1, 0.15) is 0 Å². The summed E-state index contributed by atoms with van der Waals surface area (Å²) in [5.74, 6) is 0. The van der Waals surface area contributed by atoms with Crippen LogP contribution in [0.3, 0.4) is 0 Å². The van der Waals surface area contributed by atoms with Crippen molar-refractivity contribution in [2.24, 2.45) is 0 Å². The molecular formula is C9H7BrOS2. The number of rotatable bonds is 1. The van der Waals surface area contributed by atoms with E-state index < -0.39 is 0 Å². The average Bonchev–Trinajstić information content (AvgIpc) is 2.43. The largest absolute Gasteiger partial charge is 0.499 e. The molecule has 1 N–H and O–H groups in total. The van der Waals surface area contributed by atoms with Gasteiger partial charge in [-0.05, 0) is 40.4 Å². The summed E-state index contributed by atoms with van der Waals surface area (Å²) in [4.78, 5) is 1.21. The quantitative estimate of drug-likeness (QED) is 0.791. The first-order chi connectivity index (χ1) is 6.22. The van der Waals surface area contributed by atoms with Crippen molar-refractivity contribution in [2.75, 3.05) is 6.26 Å². The van der Waals surface area contributed by atoms with Crippen molar-refractivity contribution in [1.29, 1.82) is 0 Å². The molecule has 1 nitrogen and oxygen atoms in total. The fourth-order valence-corrected chi connectivity index (χ4v) is 3.12. The SMILES string of the molecule is CSc1ccc2sc(O)c(Br)c2c1. The second-order valence-electron chi connectivity index (χ2n) is 2.58. The average molecular weight is 275 g/mol. The lowest BCUT2D eigenvalue weighted by atomic mass is 10.3. The predicted octanol–water partition coefficient (Wildman–Crippen LogP) is 4.09. The summed E-state index contributed by atoms with van der Waals surface area (Å²) in [5.41, 5.74) is 0. The minimum atomic E-state index is 0.355. The fourth-order valence-electron chi connectivity index (χ4n) is 1.16. The van der Waals surface area contributed by atoms with Crippen LogP contribution >= 0.6 is 39.0 Å². The number of thiophene rings is 1. The molecule has 1 aromatic carbocycles. The molecule has 0 fully saturated rings. The molecule has 2 aromatic rings. The van der Waals surface area contributed by atoms with Crippen LogP contribution in [0.5, 0.6) is 5.06 Å². The van der Waals surface area contributed by atoms with E-state index in [-0.39, 0.29) is 0 Å². The normalized spacial score (nSPS) is 10.9. The number of halogens is 1. The lowest BCUT2D eigenvalue weighted by Crippen LogP contribution is -1.68. The molecule has 2 rings (SSSR count). The van der Waals surface area contributed by atoms with E-state index in [1.807, 2.05) is 12.3 Å². The van der Waals surface area contributed by atoms with Gasteiger partial charge in [0.15, 0.2) is 5.06 Å². The van der Waals surface area contributed by atoms with Gasteiger partial charge in [0.25, 0.3) is 0 Å². The Hall–Kier alpha value is -0.190. The zero-order valence-electron chi connectivity index (χ0n) is 6.87. The summed E-state index contributed by atoms with van der Waals surface area (Å²) in [6, 6.07) is 6.19. The Morgan fingerprint density at radius 3 is 2.92 bits per heavy atom. The summed E-state index contributed by atoms with van der Waals surface area (Å²) < 4.78 is 1.92. The van der Waals surface area contributed by atoms with E-state index in [4.69, 9.17) is 0 Å². The van der Waals surface area contributed by atoms with Crippen LogP contribution in [0.25, 0.3) is 10.1 Å². The Bertz CT molecular complexity index is 450. The number of hydrogen-bond acceptors (Lipinski definition) is 3. The van der Waals surface area contributed by atoms with Gasteiger partial charge in [-0.25, -0.2) is 0 Å². The predicted molar refractivity (Wildman–Crippen MR) is 63.0 cm³/mol. The Labute approximate surface area is 92.9 Å². The Morgan fingerprint density at radius 1 is 1.46 bits per heavy atom. The smallest absolute Gasteiger partial charge is 0.186 e. The van der Waals surface area contributed by atoms with Gasteiger partial charge in [0.2, 0.25) is 0 Å². The number of hydrogen-bond donors (Lipinski definition) is 1. The maximum atomic E-state index is 9.47. The third kappa shape index (κ3) is 1.58. The van der Waals surface area contributed by atoms with Crippen LogP contribution in [-0.2, 0) is 0 Å². The zero-order valence-corrected chi connectivity index (χ0v) is 10.1. The van der Waals surface area contributed by atoms with Crippen LogP contribution in [-0.4, -0.2) is 11.4 Å². The van der Waals surface area contributed by atoms with Gasteiger partial charge in [-0.2, -0.15) is 0 Å². The third-order valence-corrected chi connectivity index (χ3v) is 4.58. The molecule has 0 saturated carbocycles. The summed E-state index contributed by atoms with van der Waals surface area (Å²) in [5, 5.41) is 10.9. The van der Waals surface area contributed by atoms with Gasteiger partial charge in [-0.3, -0.25) is 0 Å². The highest BCUT2D eigenvalue weighted by molar-refractivity contribution is 9.10. The molecule has 68 valence electrons. The van der Waals surface area contributed by atoms with E-state index >= 15 is 0 Å². The van der Waals surface area contributed by atoms with Crippen LogP contribution in [0.4, 0.5) is 0 Å². The van der Waals surface area contributed by atoms with Crippen LogP contribution in [0.15, 0.2) is 27.6 Å². The van der Waals surface area contributed by atoms with Gasteiger partial charge in [0.05, 0.1) is 4.47 Å². The van der Waals surface area contributed by atoms with Crippen LogP contribution in [0.1, 0.15) is 0 Å². The van der Waals surface area contributed by atoms with E-state index in [0.29, 0.717) is 5.06 Å². The van der Waals surface area contributed by atoms with Crippen molar-refractivity contribution in [2.45, 2.75) is 4.90 Å². The van der Waals surface area contributed by atoms with Crippen LogP contribution < -0.4 is 0 Å². The van der Waals surface area contributed by atoms with Crippen LogP contribution in [0.2, 0.25) is 0 Å². The molecule has 0 atom stereocenters. The maximum absolute atomic E-state index is 9.47. The first-order valence-electron chi connectivity index (χ1n) is 3.67. The zero-order chi connectivity index (χ0) is 9.42. The van der Waals surface area contributed by atoms with Crippen molar-refractivity contribution in [1.82, 2.24) is 0 Å². The molecule has 0 aliphatic carbocycles. The number of aromatic hydroxyl groups is 1. The molecule has 0 aliphatic rings. The molecule has 4 heteroatoms. The molecular weight excluding hydrogens is 268 g/mol. The summed E-state index contributed by atoms with van der Waals surface area (Å²) in [6.07, 6.45) is 2.04. The first-order valence-corrected chi connectivity index (χ1v) is 6.51. The fraction of sp³-hybridized carbons (Fsp3) is 0.111. The summed E-state index contributed by atoms with van der Waals surface area (Å²) in [6.45, 7) is 0. The molecule has 0 saturated heterocycles. The van der Waals surface area contributed by atoms with E-state index in [2.05, 4.69) is 28.1 Å². The van der Waals surface area contributed by atoms with Crippen molar-refractivity contribution >= 4 is 49.1 Å². The van der Waals surface area contributed by atoms with E-state index in [9.17, 15) is 5.11 Å². The lowest BCUT2D eigenvalue weighted by molar-refractivity contribution is 0.488. The Kier molecular flexibility index (Phi) is 2.53. The lowest BCUT2D eigenvalue weighted by Gasteiger charge is -1.95. The number of benzene rings is 1. The third-order valence-electron chi connectivity index (χ3n) is 1.82. The second kappa shape index (κ2) is 3.52. The molecule has 0 radical (unpaired) electrons. The molecule has 1 heterocycles. The molecule has 0 unspecified atom stereocenters. The highest BCUT2D eigenvalue weighted by Gasteiger charge is 2.08. The van der Waals surface area contributed by atoms with Crippen molar-refractivity contribution in [3.63, 3.8) is 0 Å². The molecule has 13 heavy (non-hydrogen) atoms. The summed E-state index contributed by atoms with van der Waals surface area (Å²) in [7, 11) is 0. The molecule has 1 aromatic heterocycles. The molecule has 0 bridgehead atoms. The Balaban J connectivity index is 2.75. The minimum Gasteiger partial charge on any atom is -0.499 e. The molecule has 0 amide bonds. The van der Waals surface area contributed by atoms with Gasteiger partial charge in [-0.15, -0.1) is 11.8 Å². The van der Waals surface area contributed by atoms with E-state index in [0.717, 1.165) is 14.6 Å². The monoisotopic (exact) mass is 274 g/mol. The highest BCUT2D eigenvalue weighted by atomic mass is 79.9. The van der Waals surface area contributed by atoms with Gasteiger partial charge < -0.3 is 5.11 Å². The molecule has 0 aliphatic heterocycles.